The van der Waals surface area contributed by atoms with Gasteiger partial charge in [-0.3, -0.25) is 9.69 Å². The van der Waals surface area contributed by atoms with Crippen LogP contribution < -0.4 is 10.6 Å². The van der Waals surface area contributed by atoms with Gasteiger partial charge in [0.1, 0.15) is 18.4 Å². The van der Waals surface area contributed by atoms with Crippen LogP contribution in [0.25, 0.3) is 0 Å². The third-order valence-electron chi connectivity index (χ3n) is 3.12. The summed E-state index contributed by atoms with van der Waals surface area (Å²) in [6.07, 6.45) is 0. The number of hydrogen-bond acceptors (Lipinski definition) is 3. The normalized spacial score (nSPS) is 18.0. The number of carbonyl (C=O) groups excluding carboxylic acids is 2. The zero-order chi connectivity index (χ0) is 15.4. The van der Waals surface area contributed by atoms with E-state index in [0.29, 0.717) is 0 Å². The van der Waals surface area contributed by atoms with Crippen LogP contribution in [0, 0.1) is 5.82 Å². The van der Waals surface area contributed by atoms with Crippen molar-refractivity contribution in [1.82, 2.24) is 15.5 Å². The molecule has 1 unspecified atom stereocenters. The maximum absolute atomic E-state index is 13.4. The maximum Gasteiger partial charge on any atom is 0.328 e. The van der Waals surface area contributed by atoms with E-state index in [1.54, 1.807) is 6.07 Å². The molecule has 8 heteroatoms. The van der Waals surface area contributed by atoms with Gasteiger partial charge in [0.25, 0.3) is 0 Å². The van der Waals surface area contributed by atoms with E-state index in [4.69, 9.17) is 5.11 Å². The number of carboxylic acids is 1. The molecule has 0 spiro atoms. The maximum atomic E-state index is 13.4. The van der Waals surface area contributed by atoms with Gasteiger partial charge in [0.15, 0.2) is 0 Å². The standard InChI is InChI=1S/C13H14FN3O4/c14-9-4-2-1-3-8(9)5-16-13(21)17-7-11(18)15-6-10(17)12(19)20/h1-4,10H,5-7H2,(H,15,18)(H,16,21)(H,19,20). The minimum Gasteiger partial charge on any atom is -0.480 e. The first kappa shape index (κ1) is 14.8. The third-order valence-corrected chi connectivity index (χ3v) is 3.12. The third kappa shape index (κ3) is 3.47. The number of benzene rings is 1. The summed E-state index contributed by atoms with van der Waals surface area (Å²) in [5.74, 6) is -2.12. The number of hydrogen-bond donors (Lipinski definition) is 3. The van der Waals surface area contributed by atoms with Crippen molar-refractivity contribution >= 4 is 17.9 Å². The number of amides is 3. The highest BCUT2D eigenvalue weighted by Crippen LogP contribution is 2.08. The van der Waals surface area contributed by atoms with Crippen molar-refractivity contribution in [3.05, 3.63) is 35.6 Å². The van der Waals surface area contributed by atoms with Gasteiger partial charge in [0.05, 0.1) is 0 Å². The Hall–Kier alpha value is -2.64. The molecule has 0 saturated carbocycles. The topological polar surface area (TPSA) is 98.7 Å². The van der Waals surface area contributed by atoms with Crippen molar-refractivity contribution in [1.29, 1.82) is 0 Å². The van der Waals surface area contributed by atoms with Crippen LogP contribution >= 0.6 is 0 Å². The van der Waals surface area contributed by atoms with E-state index in [9.17, 15) is 18.8 Å². The second-order valence-electron chi connectivity index (χ2n) is 4.54. The van der Waals surface area contributed by atoms with Gasteiger partial charge in [-0.2, -0.15) is 0 Å². The molecule has 7 nitrogen and oxygen atoms in total. The lowest BCUT2D eigenvalue weighted by molar-refractivity contribution is -0.144. The molecule has 1 heterocycles. The van der Waals surface area contributed by atoms with Crippen molar-refractivity contribution in [2.75, 3.05) is 13.1 Å². The monoisotopic (exact) mass is 295 g/mol. The largest absolute Gasteiger partial charge is 0.480 e. The Kier molecular flexibility index (Phi) is 4.36. The van der Waals surface area contributed by atoms with Crippen LogP contribution in [0.2, 0.25) is 0 Å². The Balaban J connectivity index is 2.02. The zero-order valence-electron chi connectivity index (χ0n) is 11.0. The first-order valence-corrected chi connectivity index (χ1v) is 6.26. The number of halogens is 1. The van der Waals surface area contributed by atoms with E-state index < -0.39 is 29.8 Å². The Morgan fingerprint density at radius 2 is 2.14 bits per heavy atom. The van der Waals surface area contributed by atoms with Gasteiger partial charge in [0, 0.05) is 18.7 Å². The minimum absolute atomic E-state index is 0.0873. The number of urea groups is 1. The van der Waals surface area contributed by atoms with Crippen molar-refractivity contribution in [3.8, 4) is 0 Å². The first-order valence-electron chi connectivity index (χ1n) is 6.26. The summed E-state index contributed by atoms with van der Waals surface area (Å²) in [6, 6.07) is 4.06. The molecular weight excluding hydrogens is 281 g/mol. The van der Waals surface area contributed by atoms with Gasteiger partial charge < -0.3 is 15.7 Å². The summed E-state index contributed by atoms with van der Waals surface area (Å²) in [7, 11) is 0. The highest BCUT2D eigenvalue weighted by molar-refractivity contribution is 5.90. The molecule has 1 aromatic carbocycles. The molecule has 21 heavy (non-hydrogen) atoms. The average molecular weight is 295 g/mol. The Morgan fingerprint density at radius 3 is 2.81 bits per heavy atom. The Morgan fingerprint density at radius 1 is 1.43 bits per heavy atom. The number of piperazine rings is 1. The highest BCUT2D eigenvalue weighted by Gasteiger charge is 2.35. The fourth-order valence-corrected chi connectivity index (χ4v) is 1.99. The minimum atomic E-state index is -1.21. The summed E-state index contributed by atoms with van der Waals surface area (Å²) in [4.78, 5) is 35.3. The van der Waals surface area contributed by atoms with Crippen LogP contribution in [0.3, 0.4) is 0 Å². The van der Waals surface area contributed by atoms with Gasteiger partial charge >= 0.3 is 12.0 Å². The lowest BCUT2D eigenvalue weighted by Gasteiger charge is -2.32. The van der Waals surface area contributed by atoms with Crippen LogP contribution in [0.5, 0.6) is 0 Å². The van der Waals surface area contributed by atoms with Gasteiger partial charge in [0.2, 0.25) is 5.91 Å². The van der Waals surface area contributed by atoms with Crippen LogP contribution in [-0.2, 0) is 16.1 Å². The fourth-order valence-electron chi connectivity index (χ4n) is 1.99. The second-order valence-corrected chi connectivity index (χ2v) is 4.54. The number of carbonyl (C=O) groups is 3. The van der Waals surface area contributed by atoms with Crippen molar-refractivity contribution in [2.45, 2.75) is 12.6 Å². The smallest absolute Gasteiger partial charge is 0.328 e. The number of nitrogens with one attached hydrogen (secondary N) is 2. The summed E-state index contributed by atoms with van der Waals surface area (Å²) in [5.41, 5.74) is 0.277. The van der Waals surface area contributed by atoms with Crippen molar-refractivity contribution in [3.63, 3.8) is 0 Å². The molecule has 2 rings (SSSR count). The number of carboxylic acid groups (broad SMARTS) is 1. The molecule has 0 aliphatic carbocycles. The van der Waals surface area contributed by atoms with E-state index in [1.807, 2.05) is 0 Å². The molecule has 1 atom stereocenters. The van der Waals surface area contributed by atoms with Gasteiger partial charge in [-0.15, -0.1) is 0 Å². The number of nitrogens with zero attached hydrogens (tertiary/aromatic N) is 1. The summed E-state index contributed by atoms with van der Waals surface area (Å²) in [5, 5.41) is 13.8. The van der Waals surface area contributed by atoms with Crippen LogP contribution in [-0.4, -0.2) is 47.0 Å². The summed E-state index contributed by atoms with van der Waals surface area (Å²) >= 11 is 0. The Bertz CT molecular complexity index is 578. The van der Waals surface area contributed by atoms with E-state index in [-0.39, 0.29) is 25.2 Å². The summed E-state index contributed by atoms with van der Waals surface area (Å²) < 4.78 is 13.4. The molecule has 1 aliphatic heterocycles. The molecule has 0 bridgehead atoms. The first-order chi connectivity index (χ1) is 9.99. The van der Waals surface area contributed by atoms with E-state index >= 15 is 0 Å². The van der Waals surface area contributed by atoms with Crippen LogP contribution in [0.1, 0.15) is 5.56 Å². The Labute approximate surface area is 119 Å². The van der Waals surface area contributed by atoms with Crippen LogP contribution in [0.15, 0.2) is 24.3 Å². The predicted molar refractivity (Wildman–Crippen MR) is 69.8 cm³/mol. The van der Waals surface area contributed by atoms with Gasteiger partial charge in [-0.05, 0) is 6.07 Å². The molecule has 1 saturated heterocycles. The SMILES string of the molecule is O=C1CN(C(=O)NCc2ccccc2F)C(C(=O)O)CN1. The molecule has 0 radical (unpaired) electrons. The molecule has 0 aromatic heterocycles. The quantitative estimate of drug-likeness (QED) is 0.726. The van der Waals surface area contributed by atoms with Gasteiger partial charge in [-0.1, -0.05) is 18.2 Å². The lowest BCUT2D eigenvalue weighted by atomic mass is 10.2. The molecule has 3 N–H and O–H groups in total. The number of aliphatic carboxylic acids is 1. The molecular formula is C13H14FN3O4. The predicted octanol–water partition coefficient (Wildman–Crippen LogP) is -0.0797. The van der Waals surface area contributed by atoms with E-state index in [2.05, 4.69) is 10.6 Å². The second kappa shape index (κ2) is 6.21. The molecule has 112 valence electrons. The number of rotatable bonds is 3. The van der Waals surface area contributed by atoms with Crippen molar-refractivity contribution < 1.29 is 23.9 Å². The fraction of sp³-hybridized carbons (Fsp3) is 0.308. The molecule has 1 fully saturated rings. The van der Waals surface area contributed by atoms with Gasteiger partial charge in [-0.25, -0.2) is 14.0 Å². The average Bonchev–Trinajstić information content (AvgIpc) is 2.45. The van der Waals surface area contributed by atoms with E-state index in [1.165, 1.54) is 18.2 Å². The lowest BCUT2D eigenvalue weighted by Crippen LogP contribution is -2.61. The highest BCUT2D eigenvalue weighted by atomic mass is 19.1. The molecule has 3 amide bonds. The van der Waals surface area contributed by atoms with Crippen molar-refractivity contribution in [2.24, 2.45) is 0 Å². The molecule has 1 aliphatic rings. The van der Waals surface area contributed by atoms with E-state index in [0.717, 1.165) is 4.90 Å². The van der Waals surface area contributed by atoms with Crippen LogP contribution in [0.4, 0.5) is 9.18 Å². The summed E-state index contributed by atoms with van der Waals surface area (Å²) in [6.45, 7) is -0.586. The zero-order valence-corrected chi connectivity index (χ0v) is 11.0. The molecule has 1 aromatic rings.